The van der Waals surface area contributed by atoms with Crippen molar-refractivity contribution < 1.29 is 18.8 Å². The van der Waals surface area contributed by atoms with Gasteiger partial charge in [-0.05, 0) is 31.0 Å². The molecule has 2 atom stereocenters. The van der Waals surface area contributed by atoms with Crippen LogP contribution >= 0.6 is 0 Å². The van der Waals surface area contributed by atoms with Gasteiger partial charge in [-0.15, -0.1) is 0 Å². The maximum atomic E-state index is 13.4. The summed E-state index contributed by atoms with van der Waals surface area (Å²) >= 11 is 0. The third-order valence-electron chi connectivity index (χ3n) is 4.14. The van der Waals surface area contributed by atoms with E-state index < -0.39 is 6.10 Å². The summed E-state index contributed by atoms with van der Waals surface area (Å²) in [6.45, 7) is 2.69. The van der Waals surface area contributed by atoms with Gasteiger partial charge in [0.05, 0.1) is 6.10 Å². The second-order valence-corrected chi connectivity index (χ2v) is 6.08. The number of nitrogens with zero attached hydrogens (tertiary/aromatic N) is 2. The normalized spacial score (nSPS) is 21.1. The summed E-state index contributed by atoms with van der Waals surface area (Å²) in [5.74, 6) is 0.537. The van der Waals surface area contributed by atoms with Crippen LogP contribution in [0.3, 0.4) is 0 Å². The predicted octanol–water partition coefficient (Wildman–Crippen LogP) is 2.26. The van der Waals surface area contributed by atoms with Crippen molar-refractivity contribution in [2.45, 2.75) is 31.9 Å². The first-order valence-electron chi connectivity index (χ1n) is 7.92. The Morgan fingerprint density at radius 1 is 1.50 bits per heavy atom. The molecule has 1 amide bonds. The van der Waals surface area contributed by atoms with Gasteiger partial charge in [-0.25, -0.2) is 4.39 Å². The summed E-state index contributed by atoms with van der Waals surface area (Å²) in [4.78, 5) is 14.0. The van der Waals surface area contributed by atoms with Crippen LogP contribution < -0.4 is 5.32 Å². The van der Waals surface area contributed by atoms with Gasteiger partial charge in [-0.2, -0.15) is 0 Å². The molecule has 1 aromatic carbocycles. The molecule has 1 aliphatic rings. The molecule has 3 rings (SSSR count). The summed E-state index contributed by atoms with van der Waals surface area (Å²) in [5.41, 5.74) is 0.819. The van der Waals surface area contributed by atoms with Crippen LogP contribution in [0, 0.1) is 12.7 Å². The fourth-order valence-corrected chi connectivity index (χ4v) is 3.06. The first-order valence-corrected chi connectivity index (χ1v) is 7.92. The number of aliphatic hydroxyl groups excluding tert-OH is 1. The maximum absolute atomic E-state index is 13.4. The molecule has 1 fully saturated rings. The number of likely N-dealkylation sites (tertiary alicyclic amines) is 1. The highest BCUT2D eigenvalue weighted by Gasteiger charge is 2.32. The van der Waals surface area contributed by atoms with E-state index in [2.05, 4.69) is 10.5 Å². The van der Waals surface area contributed by atoms with Gasteiger partial charge in [0.15, 0.2) is 5.82 Å². The Hall–Kier alpha value is -2.25. The van der Waals surface area contributed by atoms with Crippen molar-refractivity contribution in [3.63, 3.8) is 0 Å². The number of aliphatic hydroxyl groups is 1. The zero-order chi connectivity index (χ0) is 17.1. The van der Waals surface area contributed by atoms with Crippen molar-refractivity contribution >= 4 is 11.7 Å². The highest BCUT2D eigenvalue weighted by Crippen LogP contribution is 2.32. The number of anilines is 1. The van der Waals surface area contributed by atoms with E-state index in [4.69, 9.17) is 4.52 Å². The number of β-amino-alcohol motifs (C(OH)–C–C–N with tert-alkyl or cyclic N) is 1. The Kier molecular flexibility index (Phi) is 4.92. The molecule has 1 saturated heterocycles. The lowest BCUT2D eigenvalue weighted by atomic mass is 10.0. The number of aryl methyl sites for hydroxylation is 1. The Bertz CT molecular complexity index is 719. The second kappa shape index (κ2) is 7.11. The van der Waals surface area contributed by atoms with Gasteiger partial charge < -0.3 is 14.9 Å². The van der Waals surface area contributed by atoms with E-state index in [1.165, 1.54) is 12.1 Å². The van der Waals surface area contributed by atoms with Gasteiger partial charge in [0.25, 0.3) is 0 Å². The standard InChI is InChI=1S/C17H20FN3O3/c1-11-7-16(20-24-11)19-17(23)5-6-21-10-14(22)9-15(21)12-3-2-4-13(18)8-12/h2-4,7-8,14-15,22H,5-6,9-10H2,1H3,(H,19,20,23)/t14-,15+/m0/s1. The van der Waals surface area contributed by atoms with Crippen LogP contribution in [0.4, 0.5) is 10.2 Å². The maximum Gasteiger partial charge on any atom is 0.226 e. The molecule has 0 unspecified atom stereocenters. The summed E-state index contributed by atoms with van der Waals surface area (Å²) in [7, 11) is 0. The van der Waals surface area contributed by atoms with Gasteiger partial charge in [-0.3, -0.25) is 9.69 Å². The van der Waals surface area contributed by atoms with Crippen LogP contribution in [0.2, 0.25) is 0 Å². The first kappa shape index (κ1) is 16.6. The van der Waals surface area contributed by atoms with Crippen molar-refractivity contribution in [1.82, 2.24) is 10.1 Å². The fourth-order valence-electron chi connectivity index (χ4n) is 3.06. The van der Waals surface area contributed by atoms with Crippen molar-refractivity contribution in [2.75, 3.05) is 18.4 Å². The minimum atomic E-state index is -0.473. The van der Waals surface area contributed by atoms with Crippen LogP contribution in [-0.2, 0) is 4.79 Å². The number of rotatable bonds is 5. The van der Waals surface area contributed by atoms with E-state index in [0.717, 1.165) is 5.56 Å². The molecule has 1 aromatic heterocycles. The number of carbonyl (C=O) groups is 1. The smallest absolute Gasteiger partial charge is 0.226 e. The SMILES string of the molecule is Cc1cc(NC(=O)CCN2C[C@@H](O)C[C@@H]2c2cccc(F)c2)no1. The topological polar surface area (TPSA) is 78.6 Å². The van der Waals surface area contributed by atoms with E-state index in [1.54, 1.807) is 19.1 Å². The molecule has 6 nitrogen and oxygen atoms in total. The summed E-state index contributed by atoms with van der Waals surface area (Å²) in [6.07, 6.45) is 0.317. The van der Waals surface area contributed by atoms with Crippen molar-refractivity contribution in [3.05, 3.63) is 47.5 Å². The largest absolute Gasteiger partial charge is 0.392 e. The molecule has 7 heteroatoms. The average Bonchev–Trinajstić information content (AvgIpc) is 3.11. The summed E-state index contributed by atoms with van der Waals surface area (Å²) in [6, 6.07) is 7.94. The highest BCUT2D eigenvalue weighted by molar-refractivity contribution is 5.89. The van der Waals surface area contributed by atoms with Crippen LogP contribution in [-0.4, -0.2) is 40.3 Å². The van der Waals surface area contributed by atoms with Crippen LogP contribution in [0.5, 0.6) is 0 Å². The fraction of sp³-hybridized carbons (Fsp3) is 0.412. The predicted molar refractivity (Wildman–Crippen MR) is 85.8 cm³/mol. The Morgan fingerprint density at radius 3 is 3.04 bits per heavy atom. The molecule has 2 N–H and O–H groups in total. The highest BCUT2D eigenvalue weighted by atomic mass is 19.1. The van der Waals surface area contributed by atoms with Gasteiger partial charge in [0, 0.05) is 31.6 Å². The van der Waals surface area contributed by atoms with E-state index in [-0.39, 0.29) is 24.2 Å². The number of halogens is 1. The third kappa shape index (κ3) is 3.98. The first-order chi connectivity index (χ1) is 11.5. The number of hydrogen-bond acceptors (Lipinski definition) is 5. The molecule has 2 heterocycles. The molecule has 0 bridgehead atoms. The van der Waals surface area contributed by atoms with E-state index in [0.29, 0.717) is 31.1 Å². The molecule has 128 valence electrons. The molecule has 0 saturated carbocycles. The van der Waals surface area contributed by atoms with E-state index in [9.17, 15) is 14.3 Å². The lowest BCUT2D eigenvalue weighted by Gasteiger charge is -2.24. The average molecular weight is 333 g/mol. The van der Waals surface area contributed by atoms with Crippen LogP contribution in [0.1, 0.15) is 30.2 Å². The molecule has 0 spiro atoms. The molecule has 0 aliphatic carbocycles. The van der Waals surface area contributed by atoms with Crippen molar-refractivity contribution in [1.29, 1.82) is 0 Å². The Labute approximate surface area is 139 Å². The number of nitrogens with one attached hydrogen (secondary N) is 1. The Balaban J connectivity index is 1.59. The Morgan fingerprint density at radius 2 is 2.33 bits per heavy atom. The number of benzene rings is 1. The molecular weight excluding hydrogens is 313 g/mol. The number of carbonyl (C=O) groups excluding carboxylic acids is 1. The number of aromatic nitrogens is 1. The van der Waals surface area contributed by atoms with Gasteiger partial charge in [-0.1, -0.05) is 17.3 Å². The molecule has 1 aliphatic heterocycles. The van der Waals surface area contributed by atoms with Crippen LogP contribution in [0.15, 0.2) is 34.9 Å². The van der Waals surface area contributed by atoms with Gasteiger partial charge in [0.1, 0.15) is 11.6 Å². The third-order valence-corrected chi connectivity index (χ3v) is 4.14. The molecule has 2 aromatic rings. The zero-order valence-electron chi connectivity index (χ0n) is 13.4. The number of hydrogen-bond donors (Lipinski definition) is 2. The number of amides is 1. The summed E-state index contributed by atoms with van der Waals surface area (Å²) < 4.78 is 18.3. The molecular formula is C17H20FN3O3. The van der Waals surface area contributed by atoms with Crippen molar-refractivity contribution in [2.24, 2.45) is 0 Å². The van der Waals surface area contributed by atoms with Gasteiger partial charge >= 0.3 is 0 Å². The van der Waals surface area contributed by atoms with E-state index >= 15 is 0 Å². The van der Waals surface area contributed by atoms with Crippen molar-refractivity contribution in [3.8, 4) is 0 Å². The second-order valence-electron chi connectivity index (χ2n) is 6.08. The minimum absolute atomic E-state index is 0.0854. The monoisotopic (exact) mass is 333 g/mol. The van der Waals surface area contributed by atoms with Crippen LogP contribution in [0.25, 0.3) is 0 Å². The quantitative estimate of drug-likeness (QED) is 0.877. The van der Waals surface area contributed by atoms with E-state index in [1.807, 2.05) is 11.0 Å². The lowest BCUT2D eigenvalue weighted by molar-refractivity contribution is -0.116. The molecule has 24 heavy (non-hydrogen) atoms. The molecule has 0 radical (unpaired) electrons. The lowest BCUT2D eigenvalue weighted by Crippen LogP contribution is -2.29. The summed E-state index contributed by atoms with van der Waals surface area (Å²) in [5, 5.41) is 16.3. The minimum Gasteiger partial charge on any atom is -0.392 e. The zero-order valence-corrected chi connectivity index (χ0v) is 13.4. The van der Waals surface area contributed by atoms with Gasteiger partial charge in [0.2, 0.25) is 5.91 Å².